The molecule has 2 aromatic carbocycles. The number of anilines is 2. The summed E-state index contributed by atoms with van der Waals surface area (Å²) >= 11 is 6.50. The topological polar surface area (TPSA) is 71.3 Å². The van der Waals surface area contributed by atoms with Crippen molar-refractivity contribution in [1.29, 1.82) is 0 Å². The summed E-state index contributed by atoms with van der Waals surface area (Å²) in [5.41, 5.74) is 0.707. The van der Waals surface area contributed by atoms with Crippen molar-refractivity contribution in [3.63, 3.8) is 0 Å². The Hall–Kier alpha value is -3.24. The quantitative estimate of drug-likeness (QED) is 0.379. The smallest absolute Gasteiger partial charge is 0.283 e. The fraction of sp³-hybridized carbons (Fsp3) is 0.280. The summed E-state index contributed by atoms with van der Waals surface area (Å²) in [5, 5.41) is 5.05. The third kappa shape index (κ3) is 3.70. The Morgan fingerprint density at radius 3 is 2.42 bits per heavy atom. The Bertz CT molecular complexity index is 1590. The highest BCUT2D eigenvalue weighted by Gasteiger charge is 2.53. The maximum Gasteiger partial charge on any atom is 0.283 e. The van der Waals surface area contributed by atoms with Crippen LogP contribution < -0.4 is 9.80 Å². The van der Waals surface area contributed by atoms with Gasteiger partial charge in [0.05, 0.1) is 32.6 Å². The lowest BCUT2D eigenvalue weighted by molar-refractivity contribution is 0.501. The summed E-state index contributed by atoms with van der Waals surface area (Å²) in [5.74, 6) is 0.0505. The van der Waals surface area contributed by atoms with Gasteiger partial charge in [0.15, 0.2) is 5.82 Å². The van der Waals surface area contributed by atoms with Crippen LogP contribution in [0.2, 0.25) is 5.02 Å². The van der Waals surface area contributed by atoms with Gasteiger partial charge in [0.2, 0.25) is 0 Å². The molecule has 2 aromatic heterocycles. The minimum Gasteiger partial charge on any atom is -0.352 e. The van der Waals surface area contributed by atoms with Gasteiger partial charge in [-0.1, -0.05) is 29.3 Å². The monoisotopic (exact) mass is 529 g/mol. The average molecular weight is 530 g/mol. The second-order valence-electron chi connectivity index (χ2n) is 9.40. The Balaban J connectivity index is 1.45. The molecule has 0 radical (unpaired) electrons. The van der Waals surface area contributed by atoms with Crippen molar-refractivity contribution >= 4 is 44.2 Å². The number of fused-ring (bicyclic) bond motifs is 1. The Kier molecular flexibility index (Phi) is 5.24. The molecular weight excluding hydrogens is 508 g/mol. The SMILES string of the molecule is Cc1ccc(S(=O)(=O)n2nc(N3CCN(c4ccc(F)cn4)CC34CC4)c3c(Cl)cc(F)cc32)cc1. The van der Waals surface area contributed by atoms with Crippen LogP contribution in [0.1, 0.15) is 18.4 Å². The van der Waals surface area contributed by atoms with Crippen molar-refractivity contribution in [3.8, 4) is 0 Å². The predicted octanol–water partition coefficient (Wildman–Crippen LogP) is 4.77. The van der Waals surface area contributed by atoms with Crippen molar-refractivity contribution < 1.29 is 17.2 Å². The zero-order valence-electron chi connectivity index (χ0n) is 19.3. The molecule has 7 nitrogen and oxygen atoms in total. The maximum atomic E-state index is 14.4. The van der Waals surface area contributed by atoms with Crippen LogP contribution >= 0.6 is 11.6 Å². The molecule has 0 N–H and O–H groups in total. The summed E-state index contributed by atoms with van der Waals surface area (Å²) in [4.78, 5) is 8.44. The van der Waals surface area contributed by atoms with Crippen molar-refractivity contribution in [2.75, 3.05) is 29.4 Å². The van der Waals surface area contributed by atoms with Crippen LogP contribution in [0.5, 0.6) is 0 Å². The van der Waals surface area contributed by atoms with E-state index in [2.05, 4.69) is 19.9 Å². The first-order chi connectivity index (χ1) is 17.2. The highest BCUT2D eigenvalue weighted by atomic mass is 35.5. The number of aryl methyl sites for hydroxylation is 1. The van der Waals surface area contributed by atoms with E-state index in [1.54, 1.807) is 18.2 Å². The summed E-state index contributed by atoms with van der Waals surface area (Å²) in [7, 11) is -4.11. The molecule has 1 aliphatic carbocycles. The van der Waals surface area contributed by atoms with E-state index in [1.807, 2.05) is 6.92 Å². The summed E-state index contributed by atoms with van der Waals surface area (Å²) < 4.78 is 55.9. The van der Waals surface area contributed by atoms with Crippen LogP contribution in [-0.4, -0.2) is 47.8 Å². The van der Waals surface area contributed by atoms with Crippen LogP contribution in [0.3, 0.4) is 0 Å². The number of hydrogen-bond acceptors (Lipinski definition) is 6. The van der Waals surface area contributed by atoms with Gasteiger partial charge >= 0.3 is 0 Å². The first-order valence-corrected chi connectivity index (χ1v) is 13.3. The second-order valence-corrected chi connectivity index (χ2v) is 11.6. The van der Waals surface area contributed by atoms with Gasteiger partial charge in [0.25, 0.3) is 10.0 Å². The van der Waals surface area contributed by atoms with Gasteiger partial charge in [-0.3, -0.25) is 0 Å². The van der Waals surface area contributed by atoms with Crippen molar-refractivity contribution in [2.24, 2.45) is 0 Å². The normalized spacial score (nSPS) is 17.2. The van der Waals surface area contributed by atoms with Gasteiger partial charge in [-0.25, -0.2) is 13.8 Å². The van der Waals surface area contributed by atoms with Crippen LogP contribution in [-0.2, 0) is 10.0 Å². The molecule has 1 saturated heterocycles. The third-order valence-corrected chi connectivity index (χ3v) is 8.87. The summed E-state index contributed by atoms with van der Waals surface area (Å²) in [6, 6.07) is 11.8. The number of nitrogens with zero attached hydrogens (tertiary/aromatic N) is 5. The Labute approximate surface area is 212 Å². The first-order valence-electron chi connectivity index (χ1n) is 11.5. The van der Waals surface area contributed by atoms with Gasteiger partial charge in [-0.2, -0.15) is 12.5 Å². The van der Waals surface area contributed by atoms with Gasteiger partial charge in [-0.15, -0.1) is 5.10 Å². The van der Waals surface area contributed by atoms with Gasteiger partial charge in [0, 0.05) is 25.7 Å². The number of halogens is 3. The lowest BCUT2D eigenvalue weighted by atomic mass is 10.1. The van der Waals surface area contributed by atoms with E-state index < -0.39 is 21.7 Å². The zero-order valence-corrected chi connectivity index (χ0v) is 20.9. The van der Waals surface area contributed by atoms with Crippen molar-refractivity contribution in [2.45, 2.75) is 30.2 Å². The van der Waals surface area contributed by atoms with E-state index in [9.17, 15) is 17.2 Å². The Morgan fingerprint density at radius 2 is 1.75 bits per heavy atom. The van der Waals surface area contributed by atoms with Crippen LogP contribution in [0.25, 0.3) is 10.9 Å². The first kappa shape index (κ1) is 23.2. The van der Waals surface area contributed by atoms with Crippen molar-refractivity contribution in [1.82, 2.24) is 14.2 Å². The molecule has 6 rings (SSSR count). The molecule has 0 bridgehead atoms. The molecule has 1 saturated carbocycles. The highest BCUT2D eigenvalue weighted by Crippen LogP contribution is 2.49. The summed E-state index contributed by atoms with van der Waals surface area (Å²) in [6.45, 7) is 3.56. The fourth-order valence-corrected chi connectivity index (χ4v) is 6.49. The maximum absolute atomic E-state index is 14.4. The van der Waals surface area contributed by atoms with E-state index >= 15 is 0 Å². The molecule has 186 valence electrons. The fourth-order valence-electron chi connectivity index (χ4n) is 4.94. The molecule has 2 aliphatic rings. The molecule has 0 amide bonds. The van der Waals surface area contributed by atoms with Gasteiger partial charge in [-0.05, 0) is 50.1 Å². The van der Waals surface area contributed by atoms with E-state index in [1.165, 1.54) is 30.5 Å². The molecule has 3 heterocycles. The molecular formula is C25H22ClF2N5O2S. The number of rotatable bonds is 4. The zero-order chi connectivity index (χ0) is 25.2. The number of piperazine rings is 1. The van der Waals surface area contributed by atoms with E-state index in [0.717, 1.165) is 28.6 Å². The standard InChI is InChI=1S/C25H22ClF2N5O2S/c1-16-2-5-19(6-3-16)36(34,35)33-21-13-18(28)12-20(26)23(21)24(30-33)32-11-10-31(15-25(32)8-9-25)22-7-4-17(27)14-29-22/h2-7,12-14H,8-11,15H2,1H3. The van der Waals surface area contributed by atoms with E-state index in [-0.39, 0.29) is 21.0 Å². The minimum absolute atomic E-state index is 0.0535. The van der Waals surface area contributed by atoms with Crippen LogP contribution in [0, 0.1) is 18.6 Å². The molecule has 2 fully saturated rings. The lowest BCUT2D eigenvalue weighted by Crippen LogP contribution is -2.55. The Morgan fingerprint density at radius 1 is 1.00 bits per heavy atom. The average Bonchev–Trinajstić information content (AvgIpc) is 3.48. The molecule has 4 aromatic rings. The van der Waals surface area contributed by atoms with Crippen LogP contribution in [0.4, 0.5) is 20.4 Å². The number of pyridine rings is 1. The number of hydrogen-bond donors (Lipinski definition) is 0. The van der Waals surface area contributed by atoms with Gasteiger partial charge in [0.1, 0.15) is 17.5 Å². The van der Waals surface area contributed by atoms with Crippen molar-refractivity contribution in [3.05, 3.63) is 76.9 Å². The third-order valence-electron chi connectivity index (χ3n) is 6.97. The largest absolute Gasteiger partial charge is 0.352 e. The number of benzene rings is 2. The summed E-state index contributed by atoms with van der Waals surface area (Å²) in [6.07, 6.45) is 2.92. The lowest BCUT2D eigenvalue weighted by Gasteiger charge is -2.43. The second kappa shape index (κ2) is 8.14. The van der Waals surface area contributed by atoms with E-state index in [0.29, 0.717) is 36.7 Å². The van der Waals surface area contributed by atoms with E-state index in [4.69, 9.17) is 11.6 Å². The molecule has 36 heavy (non-hydrogen) atoms. The predicted molar refractivity (Wildman–Crippen MR) is 134 cm³/mol. The molecule has 11 heteroatoms. The number of aromatic nitrogens is 3. The van der Waals surface area contributed by atoms with Crippen LogP contribution in [0.15, 0.2) is 59.6 Å². The minimum atomic E-state index is -4.11. The molecule has 1 aliphatic heterocycles. The molecule has 1 spiro atoms. The van der Waals surface area contributed by atoms with Gasteiger partial charge < -0.3 is 9.80 Å². The molecule has 0 unspecified atom stereocenters. The molecule has 0 atom stereocenters. The highest BCUT2D eigenvalue weighted by molar-refractivity contribution is 7.90.